The lowest BCUT2D eigenvalue weighted by Gasteiger charge is -2.35. The first-order valence-corrected chi connectivity index (χ1v) is 11.6. The number of anilines is 1. The van der Waals surface area contributed by atoms with Crippen LogP contribution in [0.2, 0.25) is 0 Å². The molecule has 5 rings (SSSR count). The lowest BCUT2D eigenvalue weighted by atomic mass is 9.85. The minimum atomic E-state index is -0.532. The van der Waals surface area contributed by atoms with E-state index in [0.29, 0.717) is 24.1 Å². The molecule has 0 spiro atoms. The van der Waals surface area contributed by atoms with E-state index in [2.05, 4.69) is 47.2 Å². The Morgan fingerprint density at radius 1 is 1.06 bits per heavy atom. The molecule has 0 amide bonds. The maximum absolute atomic E-state index is 13.9. The number of nitrogens with zero attached hydrogens (tertiary/aromatic N) is 3. The van der Waals surface area contributed by atoms with Crippen molar-refractivity contribution in [1.29, 1.82) is 0 Å². The van der Waals surface area contributed by atoms with E-state index in [0.717, 1.165) is 61.5 Å². The molecule has 1 unspecified atom stereocenters. The van der Waals surface area contributed by atoms with Crippen LogP contribution in [0.4, 0.5) is 14.5 Å². The molecule has 2 aromatic carbocycles. The lowest BCUT2D eigenvalue weighted by molar-refractivity contribution is 0.343. The van der Waals surface area contributed by atoms with Crippen molar-refractivity contribution in [2.45, 2.75) is 51.1 Å². The summed E-state index contributed by atoms with van der Waals surface area (Å²) in [6.45, 7) is 4.26. The molecular weight excluding hydrogens is 406 g/mol. The third-order valence-electron chi connectivity index (χ3n) is 7.16. The van der Waals surface area contributed by atoms with Crippen molar-refractivity contribution < 1.29 is 8.78 Å². The second kappa shape index (κ2) is 8.66. The summed E-state index contributed by atoms with van der Waals surface area (Å²) in [7, 11) is 2.13. The molecule has 6 heteroatoms. The average molecular weight is 437 g/mol. The fourth-order valence-electron chi connectivity index (χ4n) is 5.21. The van der Waals surface area contributed by atoms with E-state index in [-0.39, 0.29) is 0 Å². The summed E-state index contributed by atoms with van der Waals surface area (Å²) in [5, 5.41) is 8.09. The van der Waals surface area contributed by atoms with Crippen molar-refractivity contribution in [2.75, 3.05) is 25.0 Å². The minimum Gasteiger partial charge on any atom is -0.372 e. The van der Waals surface area contributed by atoms with Gasteiger partial charge in [0.1, 0.15) is 11.6 Å². The van der Waals surface area contributed by atoms with Gasteiger partial charge in [-0.15, -0.1) is 0 Å². The number of benzene rings is 2. The van der Waals surface area contributed by atoms with Crippen LogP contribution in [-0.2, 0) is 12.8 Å². The predicted octanol–water partition coefficient (Wildman–Crippen LogP) is 5.11. The summed E-state index contributed by atoms with van der Waals surface area (Å²) in [6.07, 6.45) is 8.74. The zero-order valence-electron chi connectivity index (χ0n) is 18.7. The van der Waals surface area contributed by atoms with Crippen LogP contribution in [0.5, 0.6) is 0 Å². The highest BCUT2D eigenvalue weighted by atomic mass is 19.1. The number of aromatic nitrogens is 2. The molecule has 1 N–H and O–H groups in total. The summed E-state index contributed by atoms with van der Waals surface area (Å²) in [5.41, 5.74) is 6.48. The van der Waals surface area contributed by atoms with E-state index >= 15 is 0 Å². The monoisotopic (exact) mass is 436 g/mol. The number of hydrogen-bond acceptors (Lipinski definition) is 3. The molecule has 4 nitrogen and oxygen atoms in total. The summed E-state index contributed by atoms with van der Waals surface area (Å²) >= 11 is 0. The van der Waals surface area contributed by atoms with Gasteiger partial charge in [0.2, 0.25) is 0 Å². The van der Waals surface area contributed by atoms with Crippen LogP contribution in [-0.4, -0.2) is 36.0 Å². The smallest absolute Gasteiger partial charge is 0.126 e. The SMILES string of the molecule is CC1CCc2c(ccc(-c3cnn(C4CCNCC4)c3)c2Cc2cc(F)cc(F)c2)N1C. The molecule has 0 radical (unpaired) electrons. The van der Waals surface area contributed by atoms with Gasteiger partial charge in [0, 0.05) is 36.6 Å². The van der Waals surface area contributed by atoms with Gasteiger partial charge in [-0.05, 0) is 92.6 Å². The van der Waals surface area contributed by atoms with E-state index in [1.165, 1.54) is 23.4 Å². The van der Waals surface area contributed by atoms with Crippen LogP contribution < -0.4 is 10.2 Å². The molecule has 1 aromatic heterocycles. The molecule has 0 saturated carbocycles. The second-order valence-corrected chi connectivity index (χ2v) is 9.23. The number of piperidine rings is 1. The van der Waals surface area contributed by atoms with Crippen molar-refractivity contribution in [1.82, 2.24) is 15.1 Å². The number of nitrogens with one attached hydrogen (secondary N) is 1. The van der Waals surface area contributed by atoms with E-state index in [1.54, 1.807) is 0 Å². The van der Waals surface area contributed by atoms with Gasteiger partial charge < -0.3 is 10.2 Å². The molecule has 32 heavy (non-hydrogen) atoms. The molecule has 2 aliphatic heterocycles. The van der Waals surface area contributed by atoms with E-state index in [1.807, 2.05) is 6.20 Å². The van der Waals surface area contributed by atoms with Gasteiger partial charge in [-0.3, -0.25) is 4.68 Å². The summed E-state index contributed by atoms with van der Waals surface area (Å²) < 4.78 is 30.0. The van der Waals surface area contributed by atoms with Crippen molar-refractivity contribution >= 4 is 5.69 Å². The van der Waals surface area contributed by atoms with Gasteiger partial charge in [-0.25, -0.2) is 8.78 Å². The zero-order valence-corrected chi connectivity index (χ0v) is 18.7. The average Bonchev–Trinajstić information content (AvgIpc) is 3.26. The molecule has 0 bridgehead atoms. The van der Waals surface area contributed by atoms with Crippen LogP contribution in [0.1, 0.15) is 48.9 Å². The fourth-order valence-corrected chi connectivity index (χ4v) is 5.21. The molecule has 1 atom stereocenters. The fraction of sp³-hybridized carbons (Fsp3) is 0.423. The predicted molar refractivity (Wildman–Crippen MR) is 124 cm³/mol. The third-order valence-corrected chi connectivity index (χ3v) is 7.16. The third kappa shape index (κ3) is 4.04. The molecule has 1 saturated heterocycles. The maximum Gasteiger partial charge on any atom is 0.126 e. The highest BCUT2D eigenvalue weighted by Crippen LogP contribution is 2.39. The first-order chi connectivity index (χ1) is 15.5. The first kappa shape index (κ1) is 21.1. The Kier molecular flexibility index (Phi) is 5.72. The normalized spacial score (nSPS) is 19.2. The van der Waals surface area contributed by atoms with Gasteiger partial charge in [-0.1, -0.05) is 6.07 Å². The van der Waals surface area contributed by atoms with Crippen LogP contribution >= 0.6 is 0 Å². The standard InChI is InChI=1S/C26H30F2N4/c1-17-3-4-24-25(13-18-11-20(27)14-21(28)12-18)23(5-6-26(24)31(17)2)19-15-30-32(16-19)22-7-9-29-10-8-22/h5-6,11-12,14-17,22,29H,3-4,7-10,13H2,1-2H3. The first-order valence-electron chi connectivity index (χ1n) is 11.6. The Hall–Kier alpha value is -2.73. The molecule has 1 fully saturated rings. The zero-order chi connectivity index (χ0) is 22.2. The summed E-state index contributed by atoms with van der Waals surface area (Å²) in [4.78, 5) is 2.32. The summed E-state index contributed by atoms with van der Waals surface area (Å²) in [5.74, 6) is -1.06. The van der Waals surface area contributed by atoms with Gasteiger partial charge in [0.15, 0.2) is 0 Å². The lowest BCUT2D eigenvalue weighted by Crippen LogP contribution is -2.34. The quantitative estimate of drug-likeness (QED) is 0.617. The van der Waals surface area contributed by atoms with Gasteiger partial charge in [0.05, 0.1) is 12.2 Å². The molecular formula is C26H30F2N4. The maximum atomic E-state index is 13.9. The Morgan fingerprint density at radius 3 is 2.56 bits per heavy atom. The van der Waals surface area contributed by atoms with Crippen LogP contribution in [0, 0.1) is 11.6 Å². The highest BCUT2D eigenvalue weighted by molar-refractivity contribution is 5.74. The topological polar surface area (TPSA) is 33.1 Å². The second-order valence-electron chi connectivity index (χ2n) is 9.23. The van der Waals surface area contributed by atoms with E-state index in [4.69, 9.17) is 5.10 Å². The molecule has 0 aliphatic carbocycles. The molecule has 3 heterocycles. The Balaban J connectivity index is 1.58. The Labute approximate surface area is 188 Å². The van der Waals surface area contributed by atoms with Crippen molar-refractivity contribution in [3.63, 3.8) is 0 Å². The van der Waals surface area contributed by atoms with Gasteiger partial charge in [0.25, 0.3) is 0 Å². The van der Waals surface area contributed by atoms with E-state index in [9.17, 15) is 8.78 Å². The number of fused-ring (bicyclic) bond motifs is 1. The van der Waals surface area contributed by atoms with Crippen molar-refractivity contribution in [3.05, 3.63) is 71.1 Å². The molecule has 2 aliphatic rings. The van der Waals surface area contributed by atoms with Gasteiger partial charge >= 0.3 is 0 Å². The number of halogens is 2. The largest absolute Gasteiger partial charge is 0.372 e. The van der Waals surface area contributed by atoms with Crippen molar-refractivity contribution in [3.8, 4) is 11.1 Å². The number of hydrogen-bond donors (Lipinski definition) is 1. The molecule has 168 valence electrons. The number of rotatable bonds is 4. The Bertz CT molecular complexity index is 1100. The van der Waals surface area contributed by atoms with Crippen LogP contribution in [0.15, 0.2) is 42.7 Å². The highest BCUT2D eigenvalue weighted by Gasteiger charge is 2.25. The van der Waals surface area contributed by atoms with Crippen LogP contribution in [0.25, 0.3) is 11.1 Å². The minimum absolute atomic E-state index is 0.412. The Morgan fingerprint density at radius 2 is 1.81 bits per heavy atom. The van der Waals surface area contributed by atoms with E-state index < -0.39 is 11.6 Å². The summed E-state index contributed by atoms with van der Waals surface area (Å²) in [6, 6.07) is 9.05. The van der Waals surface area contributed by atoms with Crippen molar-refractivity contribution in [2.24, 2.45) is 0 Å². The molecule has 3 aromatic rings. The van der Waals surface area contributed by atoms with Gasteiger partial charge in [-0.2, -0.15) is 5.10 Å². The van der Waals surface area contributed by atoms with Crippen LogP contribution in [0.3, 0.4) is 0 Å².